The molecule has 0 bridgehead atoms. The molecule has 19 heavy (non-hydrogen) atoms. The normalized spacial score (nSPS) is 22.4. The molecule has 0 saturated heterocycles. The van der Waals surface area contributed by atoms with Crippen molar-refractivity contribution in [2.45, 2.75) is 50.3 Å². The van der Waals surface area contributed by atoms with Crippen molar-refractivity contribution in [3.63, 3.8) is 0 Å². The second-order valence-corrected chi connectivity index (χ2v) is 6.19. The average molecular weight is 277 g/mol. The maximum atomic E-state index is 6.28. The molecule has 2 aliphatic rings. The predicted octanol–water partition coefficient (Wildman–Crippen LogP) is 4.66. The van der Waals surface area contributed by atoms with Gasteiger partial charge in [0.15, 0.2) is 0 Å². The topological polar surface area (TPSA) is 9.23 Å². The Morgan fingerprint density at radius 3 is 3.05 bits per heavy atom. The first-order valence-corrected chi connectivity index (χ1v) is 7.83. The van der Waals surface area contributed by atoms with Crippen molar-refractivity contribution in [2.75, 3.05) is 6.61 Å². The number of ether oxygens (including phenoxy) is 1. The Bertz CT molecular complexity index is 478. The first kappa shape index (κ1) is 13.1. The van der Waals surface area contributed by atoms with Crippen molar-refractivity contribution in [3.05, 3.63) is 41.0 Å². The molecule has 0 amide bonds. The van der Waals surface area contributed by atoms with Gasteiger partial charge in [-0.1, -0.05) is 30.2 Å². The zero-order valence-corrected chi connectivity index (χ0v) is 12.1. The minimum Gasteiger partial charge on any atom is -0.493 e. The monoisotopic (exact) mass is 276 g/mol. The van der Waals surface area contributed by atoms with E-state index in [1.165, 1.54) is 30.4 Å². The van der Waals surface area contributed by atoms with Crippen molar-refractivity contribution in [1.82, 2.24) is 0 Å². The summed E-state index contributed by atoms with van der Waals surface area (Å²) in [6, 6.07) is 6.65. The van der Waals surface area contributed by atoms with Gasteiger partial charge < -0.3 is 4.74 Å². The summed E-state index contributed by atoms with van der Waals surface area (Å²) >= 11 is 6.28. The van der Waals surface area contributed by atoms with Crippen LogP contribution in [-0.2, 0) is 12.8 Å². The lowest BCUT2D eigenvalue weighted by molar-refractivity contribution is 0.357. The highest BCUT2D eigenvalue weighted by Crippen LogP contribution is 2.28. The molecule has 102 valence electrons. The third-order valence-electron chi connectivity index (χ3n) is 4.13. The quantitative estimate of drug-likeness (QED) is 0.576. The number of alkyl halides is 1. The lowest BCUT2D eigenvalue weighted by Crippen LogP contribution is -1.94. The first-order chi connectivity index (χ1) is 9.31. The lowest BCUT2D eigenvalue weighted by atomic mass is 9.99. The fraction of sp³-hybridized carbons (Fsp3) is 0.529. The summed E-state index contributed by atoms with van der Waals surface area (Å²) in [5, 5.41) is 0.255. The maximum Gasteiger partial charge on any atom is 0.122 e. The van der Waals surface area contributed by atoms with Crippen LogP contribution in [0.25, 0.3) is 0 Å². The number of hydrogen-bond donors (Lipinski definition) is 0. The molecular formula is C17H21ClO. The van der Waals surface area contributed by atoms with Crippen LogP contribution < -0.4 is 4.74 Å². The van der Waals surface area contributed by atoms with Crippen LogP contribution in [0.2, 0.25) is 0 Å². The molecule has 0 saturated carbocycles. The summed E-state index contributed by atoms with van der Waals surface area (Å²) in [6.45, 7) is 0.845. The fourth-order valence-corrected chi connectivity index (χ4v) is 3.35. The molecule has 1 nitrogen and oxygen atoms in total. The second-order valence-electron chi connectivity index (χ2n) is 5.63. The molecule has 3 rings (SSSR count). The second kappa shape index (κ2) is 6.00. The summed E-state index contributed by atoms with van der Waals surface area (Å²) in [6.07, 6.45) is 10.6. The van der Waals surface area contributed by atoms with Gasteiger partial charge in [0, 0.05) is 6.42 Å². The van der Waals surface area contributed by atoms with E-state index in [4.69, 9.17) is 16.3 Å². The van der Waals surface area contributed by atoms with Crippen LogP contribution in [0.5, 0.6) is 5.75 Å². The number of hydrogen-bond acceptors (Lipinski definition) is 1. The van der Waals surface area contributed by atoms with Gasteiger partial charge in [0.05, 0.1) is 12.0 Å². The predicted molar refractivity (Wildman–Crippen MR) is 80.2 cm³/mol. The Balaban J connectivity index is 1.62. The smallest absolute Gasteiger partial charge is 0.122 e. The standard InChI is InChI=1S/C17H21ClO/c18-16-4-2-1-3-13(12-16)5-6-14-7-8-17-15(11-14)9-10-19-17/h7-8,11-12,16H,1-6,9-10H2. The highest BCUT2D eigenvalue weighted by atomic mass is 35.5. The summed E-state index contributed by atoms with van der Waals surface area (Å²) in [7, 11) is 0. The van der Waals surface area contributed by atoms with E-state index >= 15 is 0 Å². The molecule has 1 aromatic rings. The zero-order chi connectivity index (χ0) is 13.1. The summed E-state index contributed by atoms with van der Waals surface area (Å²) in [5.41, 5.74) is 4.36. The van der Waals surface area contributed by atoms with Crippen LogP contribution in [0.3, 0.4) is 0 Å². The fourth-order valence-electron chi connectivity index (χ4n) is 3.02. The zero-order valence-electron chi connectivity index (χ0n) is 11.3. The molecule has 0 N–H and O–H groups in total. The molecule has 1 aromatic carbocycles. The van der Waals surface area contributed by atoms with Crippen molar-refractivity contribution >= 4 is 11.6 Å². The van der Waals surface area contributed by atoms with Crippen LogP contribution in [0.4, 0.5) is 0 Å². The molecule has 0 radical (unpaired) electrons. The van der Waals surface area contributed by atoms with Gasteiger partial charge in [0.25, 0.3) is 0 Å². The summed E-state index contributed by atoms with van der Waals surface area (Å²) in [5.74, 6) is 1.08. The third-order valence-corrected chi connectivity index (χ3v) is 4.48. The number of benzene rings is 1. The van der Waals surface area contributed by atoms with Gasteiger partial charge in [-0.05, 0) is 49.3 Å². The van der Waals surface area contributed by atoms with E-state index in [0.29, 0.717) is 0 Å². The summed E-state index contributed by atoms with van der Waals surface area (Å²) < 4.78 is 5.55. The Hall–Kier alpha value is -0.950. The number of rotatable bonds is 3. The minimum atomic E-state index is 0.255. The third kappa shape index (κ3) is 3.33. The molecule has 0 spiro atoms. The van der Waals surface area contributed by atoms with E-state index in [0.717, 1.165) is 38.0 Å². The van der Waals surface area contributed by atoms with Crippen LogP contribution >= 0.6 is 11.6 Å². The SMILES string of the molecule is ClC1C=C(CCc2ccc3c(c2)CCO3)CCCC1. The molecule has 1 heterocycles. The number of aryl methyl sites for hydroxylation is 1. The van der Waals surface area contributed by atoms with E-state index in [1.807, 2.05) is 0 Å². The van der Waals surface area contributed by atoms with E-state index < -0.39 is 0 Å². The van der Waals surface area contributed by atoms with Gasteiger partial charge in [-0.2, -0.15) is 0 Å². The van der Waals surface area contributed by atoms with E-state index in [-0.39, 0.29) is 5.38 Å². The maximum absolute atomic E-state index is 6.28. The van der Waals surface area contributed by atoms with Gasteiger partial charge >= 0.3 is 0 Å². The number of allylic oxidation sites excluding steroid dienone is 2. The van der Waals surface area contributed by atoms with Crippen molar-refractivity contribution in [3.8, 4) is 5.75 Å². The van der Waals surface area contributed by atoms with E-state index in [9.17, 15) is 0 Å². The van der Waals surface area contributed by atoms with Gasteiger partial charge in [0.1, 0.15) is 5.75 Å². The Kier molecular flexibility index (Phi) is 4.12. The molecule has 1 atom stereocenters. The van der Waals surface area contributed by atoms with Gasteiger partial charge in [-0.15, -0.1) is 11.6 Å². The minimum absolute atomic E-state index is 0.255. The molecule has 1 aliphatic carbocycles. The Morgan fingerprint density at radius 2 is 2.11 bits per heavy atom. The van der Waals surface area contributed by atoms with Gasteiger partial charge in [0.2, 0.25) is 0 Å². The van der Waals surface area contributed by atoms with Crippen LogP contribution in [0.15, 0.2) is 29.8 Å². The van der Waals surface area contributed by atoms with Gasteiger partial charge in [-0.25, -0.2) is 0 Å². The Labute approximate surface area is 120 Å². The van der Waals surface area contributed by atoms with Crippen LogP contribution in [0, 0.1) is 0 Å². The van der Waals surface area contributed by atoms with E-state index in [1.54, 1.807) is 5.57 Å². The largest absolute Gasteiger partial charge is 0.493 e. The average Bonchev–Trinajstić information content (AvgIpc) is 2.78. The van der Waals surface area contributed by atoms with Crippen LogP contribution in [-0.4, -0.2) is 12.0 Å². The highest BCUT2D eigenvalue weighted by Gasteiger charge is 2.13. The molecule has 0 aromatic heterocycles. The van der Waals surface area contributed by atoms with Crippen molar-refractivity contribution in [2.24, 2.45) is 0 Å². The highest BCUT2D eigenvalue weighted by molar-refractivity contribution is 6.21. The molecule has 2 heteroatoms. The van der Waals surface area contributed by atoms with E-state index in [2.05, 4.69) is 24.3 Å². The number of fused-ring (bicyclic) bond motifs is 1. The molecule has 1 unspecified atom stereocenters. The van der Waals surface area contributed by atoms with Crippen molar-refractivity contribution in [1.29, 1.82) is 0 Å². The number of halogens is 1. The first-order valence-electron chi connectivity index (χ1n) is 7.39. The van der Waals surface area contributed by atoms with Crippen LogP contribution in [0.1, 0.15) is 43.2 Å². The summed E-state index contributed by atoms with van der Waals surface area (Å²) in [4.78, 5) is 0. The molecule has 1 aliphatic heterocycles. The lowest BCUT2D eigenvalue weighted by Gasteiger charge is -2.07. The Morgan fingerprint density at radius 1 is 1.16 bits per heavy atom. The van der Waals surface area contributed by atoms with Gasteiger partial charge in [-0.3, -0.25) is 0 Å². The van der Waals surface area contributed by atoms with Crippen molar-refractivity contribution < 1.29 is 4.74 Å². The molecular weight excluding hydrogens is 256 g/mol. The molecule has 0 fully saturated rings.